The molecule has 1 atom stereocenters. The molecule has 0 radical (unpaired) electrons. The van der Waals surface area contributed by atoms with Gasteiger partial charge in [0.2, 0.25) is 0 Å². The SMILES string of the molecule is [SiH3]C1CC=CCC1. The smallest absolute Gasteiger partial charge is 0.00713 e. The van der Waals surface area contributed by atoms with Gasteiger partial charge >= 0.3 is 0 Å². The van der Waals surface area contributed by atoms with Gasteiger partial charge in [-0.1, -0.05) is 17.7 Å². The standard InChI is InChI=1S/C6H12Si/c7-6-4-2-1-3-5-6/h1-2,6H,3-5H2,7H3. The Morgan fingerprint density at radius 1 is 1.43 bits per heavy atom. The van der Waals surface area contributed by atoms with Crippen LogP contribution >= 0.6 is 0 Å². The van der Waals surface area contributed by atoms with Gasteiger partial charge < -0.3 is 0 Å². The highest BCUT2D eigenvalue weighted by atomic mass is 28.1. The minimum absolute atomic E-state index is 1.09. The molecule has 7 heavy (non-hydrogen) atoms. The first-order chi connectivity index (χ1) is 3.39. The molecule has 0 nitrogen and oxygen atoms in total. The van der Waals surface area contributed by atoms with E-state index in [0.29, 0.717) is 0 Å². The molecule has 0 saturated heterocycles. The molecular weight excluding hydrogens is 100 g/mol. The highest BCUT2D eigenvalue weighted by molar-refractivity contribution is 6.11. The zero-order valence-electron chi connectivity index (χ0n) is 4.85. The molecule has 0 saturated carbocycles. The van der Waals surface area contributed by atoms with Crippen LogP contribution in [0.15, 0.2) is 12.2 Å². The van der Waals surface area contributed by atoms with Crippen molar-refractivity contribution in [3.63, 3.8) is 0 Å². The lowest BCUT2D eigenvalue weighted by atomic mass is 10.1. The molecule has 1 aliphatic carbocycles. The summed E-state index contributed by atoms with van der Waals surface area (Å²) in [6.07, 6.45) is 8.79. The number of rotatable bonds is 0. The summed E-state index contributed by atoms with van der Waals surface area (Å²) in [5, 5.41) is 0. The number of hydrogen-bond donors (Lipinski definition) is 0. The lowest BCUT2D eigenvalue weighted by molar-refractivity contribution is 0.728. The van der Waals surface area contributed by atoms with Crippen molar-refractivity contribution in [1.82, 2.24) is 0 Å². The molecule has 0 aliphatic heterocycles. The Kier molecular flexibility index (Phi) is 1.68. The first kappa shape index (κ1) is 5.10. The van der Waals surface area contributed by atoms with Crippen molar-refractivity contribution in [2.45, 2.75) is 24.8 Å². The van der Waals surface area contributed by atoms with Crippen molar-refractivity contribution in [3.05, 3.63) is 12.2 Å². The summed E-state index contributed by atoms with van der Waals surface area (Å²) >= 11 is 0. The molecule has 0 heterocycles. The minimum atomic E-state index is 1.09. The summed E-state index contributed by atoms with van der Waals surface area (Å²) < 4.78 is 0. The monoisotopic (exact) mass is 112 g/mol. The Balaban J connectivity index is 2.32. The second kappa shape index (κ2) is 2.31. The summed E-state index contributed by atoms with van der Waals surface area (Å²) in [4.78, 5) is 0. The Hall–Kier alpha value is -0.0431. The lowest BCUT2D eigenvalue weighted by Crippen LogP contribution is -1.93. The fourth-order valence-corrected chi connectivity index (χ4v) is 1.55. The van der Waals surface area contributed by atoms with Crippen LogP contribution in [0.1, 0.15) is 19.3 Å². The minimum Gasteiger partial charge on any atom is -0.0886 e. The molecule has 1 unspecified atom stereocenters. The largest absolute Gasteiger partial charge is 0.0886 e. The normalized spacial score (nSPS) is 31.1. The fraction of sp³-hybridized carbons (Fsp3) is 0.667. The molecule has 0 bridgehead atoms. The van der Waals surface area contributed by atoms with Crippen LogP contribution in [-0.4, -0.2) is 10.2 Å². The molecule has 0 amide bonds. The van der Waals surface area contributed by atoms with E-state index in [2.05, 4.69) is 12.2 Å². The molecule has 1 heteroatoms. The highest BCUT2D eigenvalue weighted by Gasteiger charge is 2.00. The molecule has 1 rings (SSSR count). The third-order valence-corrected chi connectivity index (χ3v) is 2.58. The average molecular weight is 112 g/mol. The van der Waals surface area contributed by atoms with Crippen molar-refractivity contribution in [2.24, 2.45) is 0 Å². The van der Waals surface area contributed by atoms with Crippen molar-refractivity contribution < 1.29 is 0 Å². The van der Waals surface area contributed by atoms with E-state index in [1.54, 1.807) is 0 Å². The van der Waals surface area contributed by atoms with Crippen LogP contribution in [0.5, 0.6) is 0 Å². The zero-order chi connectivity index (χ0) is 5.11. The Bertz CT molecular complexity index is 76.2. The summed E-state index contributed by atoms with van der Waals surface area (Å²) in [7, 11) is 1.40. The Labute approximate surface area is 48.0 Å². The quantitative estimate of drug-likeness (QED) is 0.322. The molecular formula is C6H12Si. The molecule has 0 spiro atoms. The molecule has 0 N–H and O–H groups in total. The predicted octanol–water partition coefficient (Wildman–Crippen LogP) is 0.880. The predicted molar refractivity (Wildman–Crippen MR) is 36.7 cm³/mol. The molecule has 0 aromatic heterocycles. The maximum absolute atomic E-state index is 2.32. The van der Waals surface area contributed by atoms with Gasteiger partial charge in [0.1, 0.15) is 0 Å². The van der Waals surface area contributed by atoms with Crippen LogP contribution < -0.4 is 0 Å². The van der Waals surface area contributed by atoms with E-state index in [4.69, 9.17) is 0 Å². The summed E-state index contributed by atoms with van der Waals surface area (Å²) in [5.41, 5.74) is 1.09. The first-order valence-corrected chi connectivity index (χ1v) is 4.20. The third kappa shape index (κ3) is 1.47. The maximum atomic E-state index is 2.32. The van der Waals surface area contributed by atoms with Gasteiger partial charge in [-0.05, 0) is 19.3 Å². The van der Waals surface area contributed by atoms with Gasteiger partial charge in [-0.15, -0.1) is 0 Å². The fourth-order valence-electron chi connectivity index (χ4n) is 0.945. The van der Waals surface area contributed by atoms with Gasteiger partial charge in [-0.2, -0.15) is 0 Å². The second-order valence-corrected chi connectivity index (χ2v) is 4.02. The lowest BCUT2D eigenvalue weighted by Gasteiger charge is -2.09. The maximum Gasteiger partial charge on any atom is 0.00713 e. The van der Waals surface area contributed by atoms with Gasteiger partial charge in [0.25, 0.3) is 0 Å². The van der Waals surface area contributed by atoms with E-state index < -0.39 is 0 Å². The highest BCUT2D eigenvalue weighted by Crippen LogP contribution is 2.18. The molecule has 0 aromatic carbocycles. The van der Waals surface area contributed by atoms with Gasteiger partial charge in [0.15, 0.2) is 0 Å². The van der Waals surface area contributed by atoms with Crippen LogP contribution in [0, 0.1) is 0 Å². The van der Waals surface area contributed by atoms with Crippen molar-refractivity contribution in [1.29, 1.82) is 0 Å². The van der Waals surface area contributed by atoms with Crippen LogP contribution in [0.3, 0.4) is 0 Å². The van der Waals surface area contributed by atoms with Gasteiger partial charge in [0, 0.05) is 10.2 Å². The topological polar surface area (TPSA) is 0 Å². The second-order valence-electron chi connectivity index (χ2n) is 2.39. The average Bonchev–Trinajstić information content (AvgIpc) is 1.69. The van der Waals surface area contributed by atoms with Crippen molar-refractivity contribution >= 4 is 10.2 Å². The van der Waals surface area contributed by atoms with E-state index in [-0.39, 0.29) is 0 Å². The summed E-state index contributed by atoms with van der Waals surface area (Å²) in [6.45, 7) is 0. The third-order valence-electron chi connectivity index (χ3n) is 1.53. The van der Waals surface area contributed by atoms with E-state index in [0.717, 1.165) is 5.54 Å². The first-order valence-electron chi connectivity index (χ1n) is 3.04. The molecule has 0 fully saturated rings. The van der Waals surface area contributed by atoms with Crippen LogP contribution in [0.25, 0.3) is 0 Å². The van der Waals surface area contributed by atoms with Crippen molar-refractivity contribution in [3.8, 4) is 0 Å². The van der Waals surface area contributed by atoms with Crippen molar-refractivity contribution in [2.75, 3.05) is 0 Å². The molecule has 1 aliphatic rings. The number of hydrogen-bond acceptors (Lipinski definition) is 0. The van der Waals surface area contributed by atoms with E-state index in [1.807, 2.05) is 0 Å². The van der Waals surface area contributed by atoms with Gasteiger partial charge in [-0.3, -0.25) is 0 Å². The Morgan fingerprint density at radius 2 is 2.29 bits per heavy atom. The zero-order valence-corrected chi connectivity index (χ0v) is 6.85. The van der Waals surface area contributed by atoms with E-state index in [1.165, 1.54) is 29.5 Å². The van der Waals surface area contributed by atoms with Crippen LogP contribution in [0.4, 0.5) is 0 Å². The molecule has 40 valence electrons. The molecule has 0 aromatic rings. The van der Waals surface area contributed by atoms with Gasteiger partial charge in [0.05, 0.1) is 0 Å². The van der Waals surface area contributed by atoms with Crippen LogP contribution in [-0.2, 0) is 0 Å². The number of allylic oxidation sites excluding steroid dienone is 2. The Morgan fingerprint density at radius 3 is 2.57 bits per heavy atom. The summed E-state index contributed by atoms with van der Waals surface area (Å²) in [5.74, 6) is 0. The summed E-state index contributed by atoms with van der Waals surface area (Å²) in [6, 6.07) is 0. The van der Waals surface area contributed by atoms with E-state index >= 15 is 0 Å². The van der Waals surface area contributed by atoms with Gasteiger partial charge in [-0.25, -0.2) is 0 Å². The van der Waals surface area contributed by atoms with E-state index in [9.17, 15) is 0 Å². The van der Waals surface area contributed by atoms with Crippen LogP contribution in [0.2, 0.25) is 5.54 Å².